The molecular weight excluding hydrogens is 401 g/mol. The molecule has 30 heavy (non-hydrogen) atoms. The van der Waals surface area contributed by atoms with E-state index < -0.39 is 30.8 Å². The molecule has 2 aromatic carbocycles. The van der Waals surface area contributed by atoms with Gasteiger partial charge < -0.3 is 15.0 Å². The van der Waals surface area contributed by atoms with Crippen LogP contribution in [0, 0.1) is 0 Å². The lowest BCUT2D eigenvalue weighted by Crippen LogP contribution is -2.47. The van der Waals surface area contributed by atoms with Crippen LogP contribution in [0.3, 0.4) is 0 Å². The molecule has 0 saturated carbocycles. The normalized spacial score (nSPS) is 12.3. The van der Waals surface area contributed by atoms with Crippen molar-refractivity contribution in [1.82, 2.24) is 21.2 Å². The van der Waals surface area contributed by atoms with E-state index >= 15 is 0 Å². The highest BCUT2D eigenvalue weighted by molar-refractivity contribution is 6.07. The summed E-state index contributed by atoms with van der Waals surface area (Å²) in [7, 11) is 0. The number of para-hydroxylation sites is 1. The molecule has 0 aliphatic heterocycles. The SMILES string of the molecule is CC(NC(=O)NNC(=O)c1c[nH]c2ccccc12)c1ccc(OCC(F)(F)F)cc1. The molecule has 1 unspecified atom stereocenters. The van der Waals surface area contributed by atoms with Crippen LogP contribution in [0.5, 0.6) is 5.75 Å². The fourth-order valence-electron chi connectivity index (χ4n) is 2.77. The van der Waals surface area contributed by atoms with Gasteiger partial charge in [0.25, 0.3) is 5.91 Å². The third-order valence-electron chi connectivity index (χ3n) is 4.25. The average Bonchev–Trinajstić information content (AvgIpc) is 3.14. The predicted octanol–water partition coefficient (Wildman–Crippen LogP) is 3.81. The quantitative estimate of drug-likeness (QED) is 0.473. The fraction of sp³-hybridized carbons (Fsp3) is 0.200. The number of urea groups is 1. The number of fused-ring (bicyclic) bond motifs is 1. The van der Waals surface area contributed by atoms with Crippen LogP contribution in [0.15, 0.2) is 54.7 Å². The summed E-state index contributed by atoms with van der Waals surface area (Å²) in [5.74, 6) is -0.417. The summed E-state index contributed by atoms with van der Waals surface area (Å²) in [6.07, 6.45) is -2.87. The van der Waals surface area contributed by atoms with Crippen molar-refractivity contribution in [3.63, 3.8) is 0 Å². The van der Waals surface area contributed by atoms with E-state index in [9.17, 15) is 22.8 Å². The van der Waals surface area contributed by atoms with Crippen LogP contribution in [0.1, 0.15) is 28.9 Å². The zero-order chi connectivity index (χ0) is 21.7. The first-order valence-electron chi connectivity index (χ1n) is 8.95. The van der Waals surface area contributed by atoms with Gasteiger partial charge in [0.05, 0.1) is 11.6 Å². The van der Waals surface area contributed by atoms with Gasteiger partial charge in [-0.1, -0.05) is 30.3 Å². The Labute approximate surface area is 169 Å². The van der Waals surface area contributed by atoms with E-state index in [1.807, 2.05) is 12.1 Å². The molecule has 0 bridgehead atoms. The number of alkyl halides is 3. The van der Waals surface area contributed by atoms with Gasteiger partial charge >= 0.3 is 12.2 Å². The molecule has 3 amide bonds. The number of amides is 3. The standard InChI is InChI=1S/C20H19F3N4O3/c1-12(13-6-8-14(9-7-13)30-11-20(21,22)23)25-19(29)27-26-18(28)16-10-24-17-5-3-2-4-15(16)17/h2-10,12,24H,11H2,1H3,(H,26,28)(H2,25,27,29). The monoisotopic (exact) mass is 420 g/mol. The minimum atomic E-state index is -4.41. The Morgan fingerprint density at radius 2 is 1.77 bits per heavy atom. The number of hydrazine groups is 1. The first-order chi connectivity index (χ1) is 14.2. The zero-order valence-electron chi connectivity index (χ0n) is 15.8. The van der Waals surface area contributed by atoms with E-state index in [1.165, 1.54) is 12.1 Å². The number of halogens is 3. The highest BCUT2D eigenvalue weighted by atomic mass is 19.4. The molecule has 0 spiro atoms. The molecule has 0 radical (unpaired) electrons. The van der Waals surface area contributed by atoms with Gasteiger partial charge in [-0.3, -0.25) is 10.2 Å². The molecule has 158 valence electrons. The zero-order valence-corrected chi connectivity index (χ0v) is 15.8. The summed E-state index contributed by atoms with van der Waals surface area (Å²) in [5, 5.41) is 3.34. The number of ether oxygens (including phenoxy) is 1. The summed E-state index contributed by atoms with van der Waals surface area (Å²) < 4.78 is 41.2. The van der Waals surface area contributed by atoms with Gasteiger partial charge in [0.15, 0.2) is 6.61 Å². The van der Waals surface area contributed by atoms with Crippen molar-refractivity contribution in [2.45, 2.75) is 19.1 Å². The number of nitrogens with one attached hydrogen (secondary N) is 4. The fourth-order valence-corrected chi connectivity index (χ4v) is 2.77. The van der Waals surface area contributed by atoms with Crippen molar-refractivity contribution < 1.29 is 27.5 Å². The van der Waals surface area contributed by atoms with Gasteiger partial charge in [0.2, 0.25) is 0 Å². The van der Waals surface area contributed by atoms with Crippen LogP contribution in [0.4, 0.5) is 18.0 Å². The van der Waals surface area contributed by atoms with Crippen LogP contribution in [-0.2, 0) is 0 Å². The molecule has 3 aromatic rings. The summed E-state index contributed by atoms with van der Waals surface area (Å²) in [6, 6.07) is 12.0. The number of hydrogen-bond donors (Lipinski definition) is 4. The van der Waals surface area contributed by atoms with Crippen LogP contribution >= 0.6 is 0 Å². The number of carbonyl (C=O) groups is 2. The molecule has 0 saturated heterocycles. The van der Waals surface area contributed by atoms with Crippen molar-refractivity contribution >= 4 is 22.8 Å². The molecule has 0 fully saturated rings. The molecule has 3 rings (SSSR count). The molecule has 1 heterocycles. The molecule has 0 aliphatic rings. The first-order valence-corrected chi connectivity index (χ1v) is 8.95. The van der Waals surface area contributed by atoms with Crippen molar-refractivity contribution in [2.24, 2.45) is 0 Å². The van der Waals surface area contributed by atoms with Crippen molar-refractivity contribution in [3.05, 3.63) is 65.9 Å². The van der Waals surface area contributed by atoms with E-state index in [-0.39, 0.29) is 5.75 Å². The number of aromatic nitrogens is 1. The van der Waals surface area contributed by atoms with Crippen molar-refractivity contribution in [1.29, 1.82) is 0 Å². The summed E-state index contributed by atoms with van der Waals surface area (Å²) in [5.41, 5.74) is 6.42. The summed E-state index contributed by atoms with van der Waals surface area (Å²) >= 11 is 0. The topological polar surface area (TPSA) is 95.3 Å². The first kappa shape index (κ1) is 21.0. The maximum absolute atomic E-state index is 12.3. The largest absolute Gasteiger partial charge is 0.484 e. The molecular formula is C20H19F3N4O3. The summed E-state index contributed by atoms with van der Waals surface area (Å²) in [4.78, 5) is 27.3. The second kappa shape index (κ2) is 8.76. The molecule has 4 N–H and O–H groups in total. The van der Waals surface area contributed by atoms with Gasteiger partial charge in [-0.15, -0.1) is 0 Å². The second-order valence-electron chi connectivity index (χ2n) is 6.50. The number of hydrogen-bond acceptors (Lipinski definition) is 3. The van der Waals surface area contributed by atoms with E-state index in [4.69, 9.17) is 0 Å². The third-order valence-corrected chi connectivity index (χ3v) is 4.25. The molecule has 0 aliphatic carbocycles. The van der Waals surface area contributed by atoms with Crippen molar-refractivity contribution in [3.8, 4) is 5.75 Å². The Hall–Kier alpha value is -3.69. The molecule has 1 atom stereocenters. The Morgan fingerprint density at radius 3 is 2.47 bits per heavy atom. The number of rotatable bonds is 5. The smallest absolute Gasteiger partial charge is 0.422 e. The number of H-pyrrole nitrogens is 1. The van der Waals surface area contributed by atoms with E-state index in [2.05, 4.69) is 25.9 Å². The Bertz CT molecular complexity index is 1030. The second-order valence-corrected chi connectivity index (χ2v) is 6.50. The number of benzene rings is 2. The Morgan fingerprint density at radius 1 is 1.07 bits per heavy atom. The van der Waals surface area contributed by atoms with Crippen LogP contribution in [-0.4, -0.2) is 29.7 Å². The molecule has 1 aromatic heterocycles. The highest BCUT2D eigenvalue weighted by Gasteiger charge is 2.28. The van der Waals surface area contributed by atoms with E-state index in [1.54, 1.807) is 37.4 Å². The van der Waals surface area contributed by atoms with Crippen LogP contribution in [0.2, 0.25) is 0 Å². The van der Waals surface area contributed by atoms with Gasteiger partial charge in [-0.25, -0.2) is 10.2 Å². The lowest BCUT2D eigenvalue weighted by molar-refractivity contribution is -0.153. The van der Waals surface area contributed by atoms with Gasteiger partial charge in [-0.2, -0.15) is 13.2 Å². The van der Waals surface area contributed by atoms with Crippen LogP contribution < -0.4 is 20.9 Å². The van der Waals surface area contributed by atoms with Gasteiger partial charge in [0.1, 0.15) is 5.75 Å². The molecule has 7 nitrogen and oxygen atoms in total. The summed E-state index contributed by atoms with van der Waals surface area (Å²) in [6.45, 7) is 0.311. The van der Waals surface area contributed by atoms with E-state index in [0.717, 1.165) is 10.9 Å². The number of aromatic amines is 1. The average molecular weight is 420 g/mol. The highest BCUT2D eigenvalue weighted by Crippen LogP contribution is 2.21. The Balaban J connectivity index is 1.50. The van der Waals surface area contributed by atoms with Gasteiger partial charge in [-0.05, 0) is 30.7 Å². The maximum Gasteiger partial charge on any atom is 0.422 e. The lowest BCUT2D eigenvalue weighted by Gasteiger charge is -2.16. The third kappa shape index (κ3) is 5.43. The van der Waals surface area contributed by atoms with Crippen molar-refractivity contribution in [2.75, 3.05) is 6.61 Å². The van der Waals surface area contributed by atoms with Crippen LogP contribution in [0.25, 0.3) is 10.9 Å². The minimum Gasteiger partial charge on any atom is -0.484 e. The molecule has 10 heteroatoms. The Kier molecular flexibility index (Phi) is 6.14. The lowest BCUT2D eigenvalue weighted by atomic mass is 10.1. The van der Waals surface area contributed by atoms with Gasteiger partial charge in [0, 0.05) is 17.1 Å². The maximum atomic E-state index is 12.3. The predicted molar refractivity (Wildman–Crippen MR) is 104 cm³/mol. The number of carbonyl (C=O) groups excluding carboxylic acids is 2. The minimum absolute atomic E-state index is 0.0683. The van der Waals surface area contributed by atoms with E-state index in [0.29, 0.717) is 11.1 Å².